The number of nitrogens with zero attached hydrogens (tertiary/aromatic N) is 1. The highest BCUT2D eigenvalue weighted by atomic mass is 16.5. The van der Waals surface area contributed by atoms with E-state index in [9.17, 15) is 39.6 Å². The van der Waals surface area contributed by atoms with Crippen LogP contribution in [0.15, 0.2) is 40.9 Å². The van der Waals surface area contributed by atoms with Crippen LogP contribution in [0.25, 0.3) is 0 Å². The molecular formula is C25H28N2O9. The second kappa shape index (κ2) is 8.54. The Morgan fingerprint density at radius 2 is 1.81 bits per heavy atom. The average molecular weight is 501 g/mol. The number of ether oxygens (including phenoxy) is 1. The molecule has 36 heavy (non-hydrogen) atoms. The van der Waals surface area contributed by atoms with Crippen molar-refractivity contribution < 1.29 is 44.3 Å². The molecule has 0 radical (unpaired) electrons. The van der Waals surface area contributed by atoms with Crippen molar-refractivity contribution >= 4 is 23.4 Å². The first kappa shape index (κ1) is 25.5. The number of amides is 2. The Morgan fingerprint density at radius 3 is 2.36 bits per heavy atom. The number of methoxy groups -OCH3 is 1. The maximum Gasteiger partial charge on any atom is 0.265 e. The SMILES string of the molecule is COc1cccc2c1C(=O)C1=C(O)[C@]3(O)C(=O)C(C(=O)NC(C)=O)=C(O)[C@@H](N(C)C)[C@@H]3[C@@H](O)[C@@H]1[C@H]2C. The van der Waals surface area contributed by atoms with E-state index in [0.717, 1.165) is 6.92 Å². The van der Waals surface area contributed by atoms with Crippen molar-refractivity contribution in [2.75, 3.05) is 21.2 Å². The van der Waals surface area contributed by atoms with E-state index in [4.69, 9.17) is 4.74 Å². The molecule has 2 amide bonds. The molecule has 0 saturated carbocycles. The minimum Gasteiger partial charge on any atom is -0.510 e. The van der Waals surface area contributed by atoms with Crippen molar-refractivity contribution in [1.82, 2.24) is 10.2 Å². The number of rotatable bonds is 3. The minimum atomic E-state index is -2.94. The summed E-state index contributed by atoms with van der Waals surface area (Å²) in [5.41, 5.74) is -3.58. The smallest absolute Gasteiger partial charge is 0.265 e. The number of aliphatic hydroxyl groups is 4. The zero-order valence-corrected chi connectivity index (χ0v) is 20.4. The van der Waals surface area contributed by atoms with Crippen molar-refractivity contribution in [1.29, 1.82) is 0 Å². The quantitative estimate of drug-likeness (QED) is 0.359. The fourth-order valence-corrected chi connectivity index (χ4v) is 5.94. The summed E-state index contributed by atoms with van der Waals surface area (Å²) in [5, 5.41) is 47.6. The Kier molecular flexibility index (Phi) is 6.06. The number of nitrogens with one attached hydrogen (secondary N) is 1. The van der Waals surface area contributed by atoms with E-state index < -0.39 is 76.0 Å². The van der Waals surface area contributed by atoms with Crippen molar-refractivity contribution in [3.05, 3.63) is 52.0 Å². The van der Waals surface area contributed by atoms with Crippen molar-refractivity contribution in [2.45, 2.75) is 37.5 Å². The lowest BCUT2D eigenvalue weighted by Gasteiger charge is -2.53. The van der Waals surface area contributed by atoms with E-state index in [0.29, 0.717) is 5.56 Å². The highest BCUT2D eigenvalue weighted by molar-refractivity contribution is 6.27. The minimum absolute atomic E-state index is 0.125. The topological polar surface area (TPSA) is 174 Å². The molecular weight excluding hydrogens is 472 g/mol. The lowest BCUT2D eigenvalue weighted by Crippen LogP contribution is -2.68. The Labute approximate surface area is 206 Å². The summed E-state index contributed by atoms with van der Waals surface area (Å²) in [6, 6.07) is 3.60. The number of aliphatic hydroxyl groups excluding tert-OH is 3. The monoisotopic (exact) mass is 500 g/mol. The van der Waals surface area contributed by atoms with Gasteiger partial charge in [0.05, 0.1) is 30.7 Å². The van der Waals surface area contributed by atoms with Gasteiger partial charge in [-0.1, -0.05) is 19.1 Å². The van der Waals surface area contributed by atoms with Crippen LogP contribution in [0.3, 0.4) is 0 Å². The standard InChI is InChI=1S/C25H28N2O9/c1-9-11-7-6-8-12(36-5)14(11)19(29)15-13(9)20(30)17-18(27(3)4)21(31)16(24(34)26-10(2)28)23(33)25(17,35)22(15)32/h6-9,13,17-18,20,30-32,35H,1-5H3,(H,26,28,34)/t9-,13+,17+,18-,20-,25-/m0/s1. The van der Waals surface area contributed by atoms with Gasteiger partial charge < -0.3 is 25.2 Å². The van der Waals surface area contributed by atoms with E-state index in [1.807, 2.05) is 5.32 Å². The predicted octanol–water partition coefficient (Wildman–Crippen LogP) is 0.133. The van der Waals surface area contributed by atoms with Gasteiger partial charge in [-0.05, 0) is 31.6 Å². The maximum absolute atomic E-state index is 13.7. The maximum atomic E-state index is 13.7. The number of Topliss-reactive ketones (excluding diaryl/α,β-unsaturated/α-hetero) is 2. The number of hydrogen-bond acceptors (Lipinski definition) is 10. The molecule has 11 heteroatoms. The molecule has 4 rings (SSSR count). The molecule has 0 unspecified atom stereocenters. The number of carbonyl (C=O) groups is 4. The van der Waals surface area contributed by atoms with Gasteiger partial charge in [-0.15, -0.1) is 0 Å². The van der Waals surface area contributed by atoms with Gasteiger partial charge in [-0.2, -0.15) is 0 Å². The summed E-state index contributed by atoms with van der Waals surface area (Å²) < 4.78 is 5.33. The predicted molar refractivity (Wildman–Crippen MR) is 124 cm³/mol. The van der Waals surface area contributed by atoms with E-state index in [1.54, 1.807) is 25.1 Å². The summed E-state index contributed by atoms with van der Waals surface area (Å²) in [6.07, 6.45) is -1.60. The van der Waals surface area contributed by atoms with Crippen molar-refractivity contribution in [2.24, 2.45) is 11.8 Å². The third-order valence-corrected chi connectivity index (χ3v) is 7.47. The third kappa shape index (κ3) is 3.23. The summed E-state index contributed by atoms with van der Waals surface area (Å²) in [7, 11) is 4.33. The van der Waals surface area contributed by atoms with Gasteiger partial charge in [0.15, 0.2) is 11.4 Å². The molecule has 5 N–H and O–H groups in total. The van der Waals surface area contributed by atoms with Crippen LogP contribution in [0.5, 0.6) is 5.75 Å². The Bertz CT molecular complexity index is 1260. The van der Waals surface area contributed by atoms with Gasteiger partial charge in [0.2, 0.25) is 11.7 Å². The molecule has 1 aromatic carbocycles. The molecule has 192 valence electrons. The molecule has 0 spiro atoms. The molecule has 6 atom stereocenters. The number of benzene rings is 1. The first-order valence-electron chi connectivity index (χ1n) is 11.3. The number of fused-ring (bicyclic) bond motifs is 3. The summed E-state index contributed by atoms with van der Waals surface area (Å²) in [5.74, 6) is -9.00. The average Bonchev–Trinajstić information content (AvgIpc) is 2.80. The van der Waals surface area contributed by atoms with Crippen molar-refractivity contribution in [3.63, 3.8) is 0 Å². The van der Waals surface area contributed by atoms with E-state index in [-0.39, 0.29) is 16.9 Å². The molecule has 0 aliphatic heterocycles. The Morgan fingerprint density at radius 1 is 1.17 bits per heavy atom. The van der Waals surface area contributed by atoms with Crippen LogP contribution in [0.4, 0.5) is 0 Å². The van der Waals surface area contributed by atoms with E-state index in [1.165, 1.54) is 26.1 Å². The van der Waals surface area contributed by atoms with Crippen LogP contribution >= 0.6 is 0 Å². The molecule has 0 heterocycles. The number of likely N-dealkylation sites (N-methyl/N-ethyl adjacent to an activating group) is 1. The second-order valence-corrected chi connectivity index (χ2v) is 9.62. The Balaban J connectivity index is 2.02. The molecule has 0 saturated heterocycles. The van der Waals surface area contributed by atoms with Gasteiger partial charge in [0.25, 0.3) is 5.91 Å². The van der Waals surface area contributed by atoms with Crippen LogP contribution in [0.2, 0.25) is 0 Å². The van der Waals surface area contributed by atoms with Gasteiger partial charge in [-0.3, -0.25) is 29.4 Å². The van der Waals surface area contributed by atoms with Crippen LogP contribution in [0.1, 0.15) is 35.7 Å². The molecule has 1 aromatic rings. The van der Waals surface area contributed by atoms with Crippen LogP contribution in [-0.2, 0) is 14.4 Å². The summed E-state index contributed by atoms with van der Waals surface area (Å²) >= 11 is 0. The summed E-state index contributed by atoms with van der Waals surface area (Å²) in [4.78, 5) is 52.8. The number of hydrogen-bond donors (Lipinski definition) is 5. The van der Waals surface area contributed by atoms with Gasteiger partial charge >= 0.3 is 0 Å². The number of imide groups is 1. The molecule has 3 aliphatic rings. The first-order chi connectivity index (χ1) is 16.8. The Hall–Kier alpha value is -3.54. The molecule has 11 nitrogen and oxygen atoms in total. The molecule has 0 bridgehead atoms. The van der Waals surface area contributed by atoms with Gasteiger partial charge in [0, 0.05) is 18.4 Å². The molecule has 0 fully saturated rings. The van der Waals surface area contributed by atoms with Crippen LogP contribution < -0.4 is 10.1 Å². The van der Waals surface area contributed by atoms with Crippen molar-refractivity contribution in [3.8, 4) is 5.75 Å². The fraction of sp³-hybridized carbons (Fsp3) is 0.440. The molecule has 0 aromatic heterocycles. The summed E-state index contributed by atoms with van der Waals surface area (Å²) in [6.45, 7) is 2.75. The van der Waals surface area contributed by atoms with Gasteiger partial charge in [-0.25, -0.2) is 0 Å². The zero-order valence-electron chi connectivity index (χ0n) is 20.4. The zero-order chi connectivity index (χ0) is 26.9. The van der Waals surface area contributed by atoms with Crippen LogP contribution in [-0.4, -0.2) is 87.7 Å². The van der Waals surface area contributed by atoms with Gasteiger partial charge in [0.1, 0.15) is 22.8 Å². The largest absolute Gasteiger partial charge is 0.510 e. The molecule has 3 aliphatic carbocycles. The van der Waals surface area contributed by atoms with E-state index >= 15 is 0 Å². The highest BCUT2D eigenvalue weighted by Gasteiger charge is 2.67. The highest BCUT2D eigenvalue weighted by Crippen LogP contribution is 2.55. The third-order valence-electron chi connectivity index (χ3n) is 7.47. The first-order valence-corrected chi connectivity index (χ1v) is 11.3. The lowest BCUT2D eigenvalue weighted by molar-refractivity contribution is -0.162. The number of carbonyl (C=O) groups excluding carboxylic acids is 4. The normalized spacial score (nSPS) is 31.6. The van der Waals surface area contributed by atoms with E-state index in [2.05, 4.69) is 0 Å². The second-order valence-electron chi connectivity index (χ2n) is 9.62. The fourth-order valence-electron chi connectivity index (χ4n) is 5.94. The van der Waals surface area contributed by atoms with Crippen LogP contribution in [0, 0.1) is 11.8 Å². The lowest BCUT2D eigenvalue weighted by atomic mass is 9.55. The number of ketones is 2.